The Labute approximate surface area is 189 Å². The van der Waals surface area contributed by atoms with Crippen molar-refractivity contribution in [2.75, 3.05) is 18.0 Å². The van der Waals surface area contributed by atoms with Crippen LogP contribution in [0.2, 0.25) is 5.02 Å². The van der Waals surface area contributed by atoms with E-state index >= 15 is 0 Å². The third-order valence-electron chi connectivity index (χ3n) is 5.55. The monoisotopic (exact) mass is 448 g/mol. The average Bonchev–Trinajstić information content (AvgIpc) is 3.24. The lowest BCUT2D eigenvalue weighted by Crippen LogP contribution is -2.38. The predicted octanol–water partition coefficient (Wildman–Crippen LogP) is 4.60. The van der Waals surface area contributed by atoms with Crippen molar-refractivity contribution in [3.8, 4) is 11.5 Å². The maximum Gasteiger partial charge on any atom is 0.196 e. The lowest BCUT2D eigenvalue weighted by atomic mass is 10.0. The number of nitrogens with one attached hydrogen (secondary N) is 1. The SMILES string of the molecule is O=C(c1ccc(Oc2ccccc2)cc1Cl)c1c[nH]c2ncnc(N3CCCC(O)C3)c12. The van der Waals surface area contributed by atoms with E-state index in [0.29, 0.717) is 51.0 Å². The normalized spacial score (nSPS) is 16.3. The Morgan fingerprint density at radius 1 is 1.12 bits per heavy atom. The van der Waals surface area contributed by atoms with Crippen molar-refractivity contribution in [2.45, 2.75) is 18.9 Å². The second-order valence-electron chi connectivity index (χ2n) is 7.75. The number of H-pyrrole nitrogens is 1. The Bertz CT molecular complexity index is 1270. The molecular weight excluding hydrogens is 428 g/mol. The number of benzene rings is 2. The molecular formula is C24H21ClN4O3. The quantitative estimate of drug-likeness (QED) is 0.434. The number of para-hydroxylation sites is 1. The van der Waals surface area contributed by atoms with Crippen molar-refractivity contribution >= 4 is 34.2 Å². The molecule has 1 saturated heterocycles. The summed E-state index contributed by atoms with van der Waals surface area (Å²) in [5.74, 6) is 1.63. The number of piperidine rings is 1. The first kappa shape index (κ1) is 20.5. The third-order valence-corrected chi connectivity index (χ3v) is 5.87. The number of rotatable bonds is 5. The van der Waals surface area contributed by atoms with Crippen LogP contribution in [0.25, 0.3) is 11.0 Å². The topological polar surface area (TPSA) is 91.3 Å². The molecule has 2 N–H and O–H groups in total. The van der Waals surface area contributed by atoms with Crippen molar-refractivity contribution in [1.29, 1.82) is 0 Å². The van der Waals surface area contributed by atoms with Gasteiger partial charge in [-0.1, -0.05) is 29.8 Å². The zero-order valence-electron chi connectivity index (χ0n) is 17.2. The molecule has 0 saturated carbocycles. The predicted molar refractivity (Wildman–Crippen MR) is 123 cm³/mol. The van der Waals surface area contributed by atoms with Gasteiger partial charge >= 0.3 is 0 Å². The molecule has 2 aromatic carbocycles. The van der Waals surface area contributed by atoms with E-state index < -0.39 is 6.10 Å². The molecule has 1 aliphatic heterocycles. The van der Waals surface area contributed by atoms with Crippen LogP contribution in [0, 0.1) is 0 Å². The van der Waals surface area contributed by atoms with E-state index in [1.165, 1.54) is 6.33 Å². The fourth-order valence-corrected chi connectivity index (χ4v) is 4.28. The van der Waals surface area contributed by atoms with Crippen molar-refractivity contribution in [3.63, 3.8) is 0 Å². The highest BCUT2D eigenvalue weighted by molar-refractivity contribution is 6.35. The van der Waals surface area contributed by atoms with E-state index in [9.17, 15) is 9.90 Å². The molecule has 4 aromatic rings. The zero-order chi connectivity index (χ0) is 22.1. The van der Waals surface area contributed by atoms with Crippen LogP contribution in [-0.4, -0.2) is 45.0 Å². The molecule has 0 bridgehead atoms. The first-order chi connectivity index (χ1) is 15.6. The maximum absolute atomic E-state index is 13.4. The number of aliphatic hydroxyl groups excluding tert-OH is 1. The van der Waals surface area contributed by atoms with Crippen LogP contribution < -0.4 is 9.64 Å². The second kappa shape index (κ2) is 8.61. The molecule has 3 heterocycles. The summed E-state index contributed by atoms with van der Waals surface area (Å²) in [5, 5.41) is 11.0. The Hall–Kier alpha value is -3.42. The number of fused-ring (bicyclic) bond motifs is 1. The van der Waals surface area contributed by atoms with E-state index in [4.69, 9.17) is 16.3 Å². The summed E-state index contributed by atoms with van der Waals surface area (Å²) in [4.78, 5) is 27.2. The van der Waals surface area contributed by atoms with Gasteiger partial charge in [-0.3, -0.25) is 4.79 Å². The lowest BCUT2D eigenvalue weighted by molar-refractivity contribution is 0.104. The van der Waals surface area contributed by atoms with Crippen molar-refractivity contribution in [2.24, 2.45) is 0 Å². The van der Waals surface area contributed by atoms with Crippen molar-refractivity contribution in [1.82, 2.24) is 15.0 Å². The standard InChI is InChI=1S/C24H21ClN4O3/c25-20-11-17(32-16-6-2-1-3-7-16)8-9-18(20)22(31)19-12-26-23-21(19)24(28-14-27-23)29-10-4-5-15(30)13-29/h1-3,6-9,11-12,14-15,30H,4-5,10,13H2,(H,26,27,28). The van der Waals surface area contributed by atoms with E-state index in [1.807, 2.05) is 35.2 Å². The minimum absolute atomic E-state index is 0.235. The summed E-state index contributed by atoms with van der Waals surface area (Å²) in [5.41, 5.74) is 1.37. The highest BCUT2D eigenvalue weighted by atomic mass is 35.5. The summed E-state index contributed by atoms with van der Waals surface area (Å²) in [6.45, 7) is 1.23. The third kappa shape index (κ3) is 3.92. The molecule has 1 fully saturated rings. The molecule has 7 nitrogen and oxygen atoms in total. The minimum Gasteiger partial charge on any atom is -0.457 e. The van der Waals surface area contributed by atoms with Crippen LogP contribution in [0.3, 0.4) is 0 Å². The van der Waals surface area contributed by atoms with Crippen LogP contribution in [0.1, 0.15) is 28.8 Å². The Morgan fingerprint density at radius 2 is 1.97 bits per heavy atom. The number of hydrogen-bond acceptors (Lipinski definition) is 6. The van der Waals surface area contributed by atoms with Crippen LogP contribution in [0.15, 0.2) is 61.1 Å². The number of aromatic amines is 1. The summed E-state index contributed by atoms with van der Waals surface area (Å²) in [6, 6.07) is 14.4. The maximum atomic E-state index is 13.4. The number of aliphatic hydroxyl groups is 1. The summed E-state index contributed by atoms with van der Waals surface area (Å²) in [7, 11) is 0. The Kier molecular flexibility index (Phi) is 5.51. The zero-order valence-corrected chi connectivity index (χ0v) is 17.9. The van der Waals surface area contributed by atoms with Gasteiger partial charge in [0.2, 0.25) is 0 Å². The fourth-order valence-electron chi connectivity index (χ4n) is 4.03. The van der Waals surface area contributed by atoms with Crippen LogP contribution in [0.4, 0.5) is 5.82 Å². The number of nitrogens with zero attached hydrogens (tertiary/aromatic N) is 3. The largest absolute Gasteiger partial charge is 0.457 e. The van der Waals surface area contributed by atoms with Gasteiger partial charge < -0.3 is 19.7 Å². The highest BCUT2D eigenvalue weighted by Crippen LogP contribution is 2.33. The van der Waals surface area contributed by atoms with Crippen LogP contribution in [0.5, 0.6) is 11.5 Å². The van der Waals surface area contributed by atoms with Gasteiger partial charge in [0.15, 0.2) is 5.78 Å². The smallest absolute Gasteiger partial charge is 0.196 e. The van der Waals surface area contributed by atoms with Gasteiger partial charge in [-0.25, -0.2) is 9.97 Å². The summed E-state index contributed by atoms with van der Waals surface area (Å²) < 4.78 is 5.81. The number of carbonyl (C=O) groups excluding carboxylic acids is 1. The summed E-state index contributed by atoms with van der Waals surface area (Å²) in [6.07, 6.45) is 4.30. The first-order valence-electron chi connectivity index (χ1n) is 10.4. The van der Waals surface area contributed by atoms with E-state index in [1.54, 1.807) is 24.4 Å². The molecule has 1 aliphatic rings. The van der Waals surface area contributed by atoms with E-state index in [2.05, 4.69) is 15.0 Å². The molecule has 0 radical (unpaired) electrons. The lowest BCUT2D eigenvalue weighted by Gasteiger charge is -2.31. The molecule has 0 amide bonds. The van der Waals surface area contributed by atoms with Crippen LogP contribution in [-0.2, 0) is 0 Å². The molecule has 1 unspecified atom stereocenters. The Balaban J connectivity index is 1.48. The molecule has 8 heteroatoms. The number of hydrogen-bond donors (Lipinski definition) is 2. The fraction of sp³-hybridized carbons (Fsp3) is 0.208. The second-order valence-corrected chi connectivity index (χ2v) is 8.16. The number of β-amino-alcohol motifs (C(OH)–C–C–N with tert-alkyl or cyclic N) is 1. The van der Waals surface area contributed by atoms with Gasteiger partial charge in [-0.05, 0) is 37.1 Å². The Morgan fingerprint density at radius 3 is 2.75 bits per heavy atom. The average molecular weight is 449 g/mol. The minimum atomic E-state index is -0.418. The number of aromatic nitrogens is 3. The summed E-state index contributed by atoms with van der Waals surface area (Å²) >= 11 is 6.48. The number of carbonyl (C=O) groups is 1. The molecule has 1 atom stereocenters. The molecule has 32 heavy (non-hydrogen) atoms. The number of halogens is 1. The van der Waals surface area contributed by atoms with E-state index in [-0.39, 0.29) is 5.78 Å². The van der Waals surface area contributed by atoms with Gasteiger partial charge in [-0.2, -0.15) is 0 Å². The molecule has 2 aromatic heterocycles. The van der Waals surface area contributed by atoms with E-state index in [0.717, 1.165) is 19.4 Å². The van der Waals surface area contributed by atoms with Gasteiger partial charge in [0, 0.05) is 30.9 Å². The number of anilines is 1. The van der Waals surface area contributed by atoms with Gasteiger partial charge in [0.25, 0.3) is 0 Å². The van der Waals surface area contributed by atoms with Crippen LogP contribution >= 0.6 is 11.6 Å². The molecule has 162 valence electrons. The van der Waals surface area contributed by atoms with Gasteiger partial charge in [-0.15, -0.1) is 0 Å². The number of ether oxygens (including phenoxy) is 1. The first-order valence-corrected chi connectivity index (χ1v) is 10.8. The van der Waals surface area contributed by atoms with Crippen molar-refractivity contribution in [3.05, 3.63) is 77.2 Å². The van der Waals surface area contributed by atoms with Gasteiger partial charge in [0.1, 0.15) is 29.3 Å². The molecule has 0 spiro atoms. The van der Waals surface area contributed by atoms with Crippen molar-refractivity contribution < 1.29 is 14.6 Å². The number of ketones is 1. The molecule has 5 rings (SSSR count). The van der Waals surface area contributed by atoms with Gasteiger partial charge in [0.05, 0.1) is 22.1 Å². The molecule has 0 aliphatic carbocycles. The highest BCUT2D eigenvalue weighted by Gasteiger charge is 2.25.